The first kappa shape index (κ1) is 14.3. The van der Waals surface area contributed by atoms with Gasteiger partial charge >= 0.3 is 0 Å². The molecule has 4 nitrogen and oxygen atoms in total. The summed E-state index contributed by atoms with van der Waals surface area (Å²) in [6.45, 7) is 3.13. The predicted molar refractivity (Wildman–Crippen MR) is 72.5 cm³/mol. The molecule has 6 heteroatoms. The number of ketones is 1. The van der Waals surface area contributed by atoms with E-state index in [1.807, 2.05) is 17.9 Å². The SMILES string of the molecule is CCN(CC(=O)NC)CC(=O)c1ccc(Br)s1. The van der Waals surface area contributed by atoms with E-state index in [4.69, 9.17) is 0 Å². The van der Waals surface area contributed by atoms with E-state index in [1.165, 1.54) is 11.3 Å². The molecular weight excluding hydrogens is 304 g/mol. The van der Waals surface area contributed by atoms with Crippen molar-refractivity contribution >= 4 is 39.0 Å². The van der Waals surface area contributed by atoms with Crippen molar-refractivity contribution in [3.63, 3.8) is 0 Å². The highest BCUT2D eigenvalue weighted by Crippen LogP contribution is 2.22. The van der Waals surface area contributed by atoms with Gasteiger partial charge in [0, 0.05) is 7.05 Å². The van der Waals surface area contributed by atoms with Crippen LogP contribution in [-0.4, -0.2) is 43.3 Å². The lowest BCUT2D eigenvalue weighted by Gasteiger charge is -2.17. The van der Waals surface area contributed by atoms with Crippen LogP contribution >= 0.6 is 27.3 Å². The summed E-state index contributed by atoms with van der Waals surface area (Å²) in [4.78, 5) is 25.7. The Labute approximate surface area is 113 Å². The molecule has 1 rings (SSSR count). The fourth-order valence-electron chi connectivity index (χ4n) is 1.31. The van der Waals surface area contributed by atoms with Gasteiger partial charge in [-0.15, -0.1) is 11.3 Å². The molecule has 0 saturated carbocycles. The zero-order valence-corrected chi connectivity index (χ0v) is 12.2. The van der Waals surface area contributed by atoms with Gasteiger partial charge < -0.3 is 5.32 Å². The van der Waals surface area contributed by atoms with E-state index in [1.54, 1.807) is 13.1 Å². The number of nitrogens with one attached hydrogen (secondary N) is 1. The van der Waals surface area contributed by atoms with Crippen LogP contribution in [0.5, 0.6) is 0 Å². The smallest absolute Gasteiger partial charge is 0.233 e. The molecule has 0 unspecified atom stereocenters. The average Bonchev–Trinajstić information content (AvgIpc) is 2.74. The second-order valence-electron chi connectivity index (χ2n) is 3.50. The molecule has 0 atom stereocenters. The molecule has 94 valence electrons. The van der Waals surface area contributed by atoms with Gasteiger partial charge in [-0.3, -0.25) is 14.5 Å². The van der Waals surface area contributed by atoms with E-state index in [2.05, 4.69) is 21.2 Å². The summed E-state index contributed by atoms with van der Waals surface area (Å²) in [5.41, 5.74) is 0. The van der Waals surface area contributed by atoms with Crippen LogP contribution in [0, 0.1) is 0 Å². The van der Waals surface area contributed by atoms with Crippen molar-refractivity contribution in [2.75, 3.05) is 26.7 Å². The van der Waals surface area contributed by atoms with Crippen molar-refractivity contribution in [3.05, 3.63) is 20.8 Å². The van der Waals surface area contributed by atoms with E-state index in [-0.39, 0.29) is 24.8 Å². The molecule has 1 heterocycles. The molecule has 0 saturated heterocycles. The molecule has 17 heavy (non-hydrogen) atoms. The maximum atomic E-state index is 11.9. The molecule has 1 amide bonds. The van der Waals surface area contributed by atoms with Crippen molar-refractivity contribution in [2.24, 2.45) is 0 Å². The monoisotopic (exact) mass is 318 g/mol. The standard InChI is InChI=1S/C11H15BrN2O2S/c1-3-14(7-11(16)13-2)6-8(15)9-4-5-10(12)17-9/h4-5H,3,6-7H2,1-2H3,(H,13,16). The van der Waals surface area contributed by atoms with Crippen LogP contribution in [-0.2, 0) is 4.79 Å². The molecule has 0 fully saturated rings. The van der Waals surface area contributed by atoms with Crippen LogP contribution in [0.3, 0.4) is 0 Å². The van der Waals surface area contributed by atoms with E-state index in [0.29, 0.717) is 11.4 Å². The van der Waals surface area contributed by atoms with Crippen LogP contribution in [0.25, 0.3) is 0 Å². The molecule has 1 aromatic rings. The molecule has 0 aliphatic rings. The van der Waals surface area contributed by atoms with E-state index in [0.717, 1.165) is 3.79 Å². The first-order valence-corrected chi connectivity index (χ1v) is 6.89. The Morgan fingerprint density at radius 2 is 2.12 bits per heavy atom. The Morgan fingerprint density at radius 3 is 2.59 bits per heavy atom. The van der Waals surface area contributed by atoms with E-state index < -0.39 is 0 Å². The fourth-order valence-corrected chi connectivity index (χ4v) is 2.62. The summed E-state index contributed by atoms with van der Waals surface area (Å²) in [7, 11) is 1.59. The van der Waals surface area contributed by atoms with Crippen LogP contribution in [0.4, 0.5) is 0 Å². The summed E-state index contributed by atoms with van der Waals surface area (Å²) >= 11 is 4.74. The Kier molecular flexibility index (Phi) is 5.80. The summed E-state index contributed by atoms with van der Waals surface area (Å²) in [5.74, 6) is -0.0292. The van der Waals surface area contributed by atoms with Gasteiger partial charge in [-0.05, 0) is 34.6 Å². The third-order valence-electron chi connectivity index (χ3n) is 2.31. The summed E-state index contributed by atoms with van der Waals surface area (Å²) in [6.07, 6.45) is 0. The summed E-state index contributed by atoms with van der Waals surface area (Å²) in [6, 6.07) is 3.65. The van der Waals surface area contributed by atoms with E-state index in [9.17, 15) is 9.59 Å². The average molecular weight is 319 g/mol. The van der Waals surface area contributed by atoms with Gasteiger partial charge in [0.15, 0.2) is 5.78 Å². The minimum atomic E-state index is -0.0768. The Balaban J connectivity index is 2.56. The molecule has 0 radical (unpaired) electrons. The van der Waals surface area contributed by atoms with Crippen molar-refractivity contribution in [1.82, 2.24) is 10.2 Å². The molecular formula is C11H15BrN2O2S. The maximum Gasteiger partial charge on any atom is 0.233 e. The van der Waals surface area contributed by atoms with E-state index >= 15 is 0 Å². The zero-order chi connectivity index (χ0) is 12.8. The number of likely N-dealkylation sites (N-methyl/N-ethyl adjacent to an activating group) is 2. The topological polar surface area (TPSA) is 49.4 Å². The van der Waals surface area contributed by atoms with Gasteiger partial charge in [0.1, 0.15) is 0 Å². The van der Waals surface area contributed by atoms with Crippen molar-refractivity contribution in [3.8, 4) is 0 Å². The van der Waals surface area contributed by atoms with Crippen LogP contribution in [0.15, 0.2) is 15.9 Å². The lowest BCUT2D eigenvalue weighted by molar-refractivity contribution is -0.121. The lowest BCUT2D eigenvalue weighted by atomic mass is 10.3. The lowest BCUT2D eigenvalue weighted by Crippen LogP contribution is -2.38. The number of nitrogens with zero attached hydrogens (tertiary/aromatic N) is 1. The highest BCUT2D eigenvalue weighted by atomic mass is 79.9. The highest BCUT2D eigenvalue weighted by molar-refractivity contribution is 9.11. The Morgan fingerprint density at radius 1 is 1.41 bits per heavy atom. The number of Topliss-reactive ketones (excluding diaryl/α,β-unsaturated/α-hetero) is 1. The highest BCUT2D eigenvalue weighted by Gasteiger charge is 2.15. The normalized spacial score (nSPS) is 10.6. The minimum Gasteiger partial charge on any atom is -0.358 e. The number of rotatable bonds is 6. The quantitative estimate of drug-likeness (QED) is 0.813. The molecule has 1 N–H and O–H groups in total. The Hall–Kier alpha value is -0.720. The minimum absolute atomic E-state index is 0.0476. The number of carbonyl (C=O) groups excluding carboxylic acids is 2. The summed E-state index contributed by atoms with van der Waals surface area (Å²) < 4.78 is 0.940. The van der Waals surface area contributed by atoms with Crippen molar-refractivity contribution in [1.29, 1.82) is 0 Å². The molecule has 0 aliphatic carbocycles. The number of thiophene rings is 1. The third kappa shape index (κ3) is 4.57. The Bertz CT molecular complexity index is 406. The van der Waals surface area contributed by atoms with Crippen LogP contribution < -0.4 is 5.32 Å². The van der Waals surface area contributed by atoms with Crippen molar-refractivity contribution < 1.29 is 9.59 Å². The number of hydrogen-bond donors (Lipinski definition) is 1. The molecule has 0 aromatic carbocycles. The largest absolute Gasteiger partial charge is 0.358 e. The number of halogens is 1. The first-order chi connectivity index (χ1) is 8.06. The second kappa shape index (κ2) is 6.88. The molecule has 0 spiro atoms. The van der Waals surface area contributed by atoms with Gasteiger partial charge in [0.2, 0.25) is 5.91 Å². The fraction of sp³-hybridized carbons (Fsp3) is 0.455. The van der Waals surface area contributed by atoms with Crippen molar-refractivity contribution in [2.45, 2.75) is 6.92 Å². The summed E-state index contributed by atoms with van der Waals surface area (Å²) in [5, 5.41) is 2.55. The third-order valence-corrected chi connectivity index (χ3v) is 3.97. The molecule has 0 bridgehead atoms. The molecule has 0 aliphatic heterocycles. The number of hydrogen-bond acceptors (Lipinski definition) is 4. The van der Waals surface area contributed by atoms with Gasteiger partial charge in [0.25, 0.3) is 0 Å². The van der Waals surface area contributed by atoms with Gasteiger partial charge in [-0.2, -0.15) is 0 Å². The van der Waals surface area contributed by atoms with Gasteiger partial charge in [0.05, 0.1) is 21.8 Å². The zero-order valence-electron chi connectivity index (χ0n) is 9.83. The second-order valence-corrected chi connectivity index (χ2v) is 5.97. The predicted octanol–water partition coefficient (Wildman–Crippen LogP) is 1.76. The van der Waals surface area contributed by atoms with Crippen LogP contribution in [0.2, 0.25) is 0 Å². The first-order valence-electron chi connectivity index (χ1n) is 5.28. The number of carbonyl (C=O) groups is 2. The van der Waals surface area contributed by atoms with Gasteiger partial charge in [-0.25, -0.2) is 0 Å². The number of amides is 1. The maximum absolute atomic E-state index is 11.9. The molecule has 1 aromatic heterocycles. The van der Waals surface area contributed by atoms with Gasteiger partial charge in [-0.1, -0.05) is 6.92 Å². The van der Waals surface area contributed by atoms with Crippen LogP contribution in [0.1, 0.15) is 16.6 Å².